The molecule has 0 aromatic heterocycles. The Morgan fingerprint density at radius 2 is 2.40 bits per heavy atom. The highest BCUT2D eigenvalue weighted by Gasteiger charge is 2.18. The molecule has 2 rings (SSSR count). The van der Waals surface area contributed by atoms with E-state index in [9.17, 15) is 0 Å². The van der Waals surface area contributed by atoms with E-state index in [0.29, 0.717) is 17.9 Å². The minimum absolute atomic E-state index is 0.0644. The van der Waals surface area contributed by atoms with Gasteiger partial charge in [-0.2, -0.15) is 0 Å². The van der Waals surface area contributed by atoms with Crippen molar-refractivity contribution in [3.8, 4) is 5.75 Å². The van der Waals surface area contributed by atoms with Gasteiger partial charge in [0, 0.05) is 11.5 Å². The Hall–Kier alpha value is -1.40. The average molecular weight is 296 g/mol. The SMILES string of the molecule is CSc1cccc(OCC2CCCCO2)c1/C(N)=N/O. The summed E-state index contributed by atoms with van der Waals surface area (Å²) >= 11 is 1.53. The van der Waals surface area contributed by atoms with Gasteiger partial charge in [-0.3, -0.25) is 0 Å². The van der Waals surface area contributed by atoms with Crippen LogP contribution < -0.4 is 10.5 Å². The van der Waals surface area contributed by atoms with Gasteiger partial charge in [-0.15, -0.1) is 11.8 Å². The van der Waals surface area contributed by atoms with Crippen molar-refractivity contribution in [2.24, 2.45) is 10.9 Å². The third kappa shape index (κ3) is 3.58. The lowest BCUT2D eigenvalue weighted by Gasteiger charge is -2.23. The number of thioether (sulfide) groups is 1. The summed E-state index contributed by atoms with van der Waals surface area (Å²) in [4.78, 5) is 0.919. The summed E-state index contributed by atoms with van der Waals surface area (Å²) in [6, 6.07) is 5.65. The number of hydrogen-bond donors (Lipinski definition) is 2. The van der Waals surface area contributed by atoms with Crippen LogP contribution >= 0.6 is 11.8 Å². The molecular formula is C14H20N2O3S. The van der Waals surface area contributed by atoms with Gasteiger partial charge in [-0.25, -0.2) is 0 Å². The van der Waals surface area contributed by atoms with Crippen LogP contribution in [0.1, 0.15) is 24.8 Å². The van der Waals surface area contributed by atoms with Crippen LogP contribution in [0.15, 0.2) is 28.3 Å². The lowest BCUT2D eigenvalue weighted by atomic mass is 10.1. The standard InChI is InChI=1S/C14H20N2O3S/c1-20-12-7-4-6-11(13(12)14(15)16-17)19-9-10-5-2-3-8-18-10/h4,6-7,10,17H,2-3,5,8-9H2,1H3,(H2,15,16). The molecule has 0 amide bonds. The number of oxime groups is 1. The highest BCUT2D eigenvalue weighted by molar-refractivity contribution is 7.98. The van der Waals surface area contributed by atoms with Crippen molar-refractivity contribution in [3.05, 3.63) is 23.8 Å². The molecule has 1 atom stereocenters. The van der Waals surface area contributed by atoms with Crippen molar-refractivity contribution in [3.63, 3.8) is 0 Å². The van der Waals surface area contributed by atoms with Crippen molar-refractivity contribution < 1.29 is 14.7 Å². The fraction of sp³-hybridized carbons (Fsp3) is 0.500. The van der Waals surface area contributed by atoms with E-state index in [1.165, 1.54) is 18.2 Å². The molecule has 1 unspecified atom stereocenters. The summed E-state index contributed by atoms with van der Waals surface area (Å²) in [5, 5.41) is 12.0. The molecule has 0 spiro atoms. The van der Waals surface area contributed by atoms with Crippen molar-refractivity contribution in [2.75, 3.05) is 19.5 Å². The molecule has 3 N–H and O–H groups in total. The van der Waals surface area contributed by atoms with E-state index in [1.807, 2.05) is 24.5 Å². The maximum absolute atomic E-state index is 8.92. The Kier molecular flexibility index (Phi) is 5.55. The fourth-order valence-corrected chi connectivity index (χ4v) is 2.85. The molecule has 1 aromatic rings. The van der Waals surface area contributed by atoms with Gasteiger partial charge in [0.2, 0.25) is 0 Å². The first kappa shape index (κ1) is 15.0. The third-order valence-corrected chi connectivity index (χ3v) is 4.05. The number of rotatable bonds is 5. The number of amidine groups is 1. The van der Waals surface area contributed by atoms with Crippen molar-refractivity contribution in [1.29, 1.82) is 0 Å². The van der Waals surface area contributed by atoms with Crippen LogP contribution in [-0.4, -0.2) is 36.6 Å². The van der Waals surface area contributed by atoms with Crippen LogP contribution in [0.5, 0.6) is 5.75 Å². The molecule has 0 radical (unpaired) electrons. The minimum Gasteiger partial charge on any atom is -0.490 e. The van der Waals surface area contributed by atoms with Crippen LogP contribution in [0.3, 0.4) is 0 Å². The quantitative estimate of drug-likeness (QED) is 0.287. The number of hydrogen-bond acceptors (Lipinski definition) is 5. The molecule has 1 fully saturated rings. The van der Waals surface area contributed by atoms with E-state index < -0.39 is 0 Å². The minimum atomic E-state index is 0.0644. The second kappa shape index (κ2) is 7.40. The Morgan fingerprint density at radius 1 is 1.55 bits per heavy atom. The van der Waals surface area contributed by atoms with Crippen LogP contribution in [0.4, 0.5) is 0 Å². The third-order valence-electron chi connectivity index (χ3n) is 3.27. The lowest BCUT2D eigenvalue weighted by Crippen LogP contribution is -2.26. The highest BCUT2D eigenvalue weighted by Crippen LogP contribution is 2.29. The van der Waals surface area contributed by atoms with E-state index >= 15 is 0 Å². The van der Waals surface area contributed by atoms with Crippen molar-refractivity contribution in [1.82, 2.24) is 0 Å². The molecular weight excluding hydrogens is 276 g/mol. The predicted molar refractivity (Wildman–Crippen MR) is 79.8 cm³/mol. The molecule has 110 valence electrons. The average Bonchev–Trinajstić information content (AvgIpc) is 2.52. The zero-order chi connectivity index (χ0) is 14.4. The van der Waals surface area contributed by atoms with Gasteiger partial charge in [-0.05, 0) is 37.7 Å². The summed E-state index contributed by atoms with van der Waals surface area (Å²) in [7, 11) is 0. The molecule has 6 heteroatoms. The van der Waals surface area contributed by atoms with Gasteiger partial charge in [0.15, 0.2) is 5.84 Å². The Balaban J connectivity index is 2.13. The zero-order valence-corrected chi connectivity index (χ0v) is 12.4. The highest BCUT2D eigenvalue weighted by atomic mass is 32.2. The smallest absolute Gasteiger partial charge is 0.174 e. The van der Waals surface area contributed by atoms with E-state index in [1.54, 1.807) is 0 Å². The Bertz CT molecular complexity index is 473. The Morgan fingerprint density at radius 3 is 3.05 bits per heavy atom. The summed E-state index contributed by atoms with van der Waals surface area (Å²) < 4.78 is 11.5. The zero-order valence-electron chi connectivity index (χ0n) is 11.5. The predicted octanol–water partition coefficient (Wildman–Crippen LogP) is 2.45. The van der Waals surface area contributed by atoms with E-state index in [4.69, 9.17) is 20.4 Å². The molecule has 0 aliphatic carbocycles. The van der Waals surface area contributed by atoms with E-state index in [2.05, 4.69) is 5.16 Å². The van der Waals surface area contributed by atoms with Gasteiger partial charge in [0.05, 0.1) is 11.7 Å². The lowest BCUT2D eigenvalue weighted by molar-refractivity contribution is -0.0111. The molecule has 1 aromatic carbocycles. The monoisotopic (exact) mass is 296 g/mol. The fourth-order valence-electron chi connectivity index (χ4n) is 2.23. The van der Waals surface area contributed by atoms with Crippen LogP contribution in [0.2, 0.25) is 0 Å². The second-order valence-corrected chi connectivity index (χ2v) is 5.47. The van der Waals surface area contributed by atoms with Crippen LogP contribution in [0, 0.1) is 0 Å². The maximum atomic E-state index is 8.92. The van der Waals surface area contributed by atoms with Gasteiger partial charge in [0.1, 0.15) is 12.4 Å². The largest absolute Gasteiger partial charge is 0.490 e. The second-order valence-electron chi connectivity index (χ2n) is 4.62. The molecule has 0 saturated carbocycles. The molecule has 1 aliphatic rings. The number of nitrogens with two attached hydrogens (primary N) is 1. The van der Waals surface area contributed by atoms with E-state index in [-0.39, 0.29) is 11.9 Å². The Labute approximate surface area is 123 Å². The molecule has 5 nitrogen and oxygen atoms in total. The molecule has 1 aliphatic heterocycles. The normalized spacial score (nSPS) is 19.9. The van der Waals surface area contributed by atoms with Gasteiger partial charge < -0.3 is 20.4 Å². The number of benzene rings is 1. The van der Waals surface area contributed by atoms with E-state index in [0.717, 1.165) is 24.3 Å². The summed E-state index contributed by atoms with van der Waals surface area (Å²) in [6.07, 6.45) is 5.38. The van der Waals surface area contributed by atoms with Crippen molar-refractivity contribution in [2.45, 2.75) is 30.3 Å². The molecule has 0 bridgehead atoms. The number of ether oxygens (including phenoxy) is 2. The molecule has 20 heavy (non-hydrogen) atoms. The first-order valence-electron chi connectivity index (χ1n) is 6.65. The topological polar surface area (TPSA) is 77.1 Å². The van der Waals surface area contributed by atoms with Gasteiger partial charge in [0.25, 0.3) is 0 Å². The van der Waals surface area contributed by atoms with Crippen LogP contribution in [0.25, 0.3) is 0 Å². The van der Waals surface area contributed by atoms with Crippen molar-refractivity contribution >= 4 is 17.6 Å². The number of nitrogens with zero attached hydrogens (tertiary/aromatic N) is 1. The first-order valence-corrected chi connectivity index (χ1v) is 7.88. The van der Waals surface area contributed by atoms with Crippen LogP contribution in [-0.2, 0) is 4.74 Å². The molecule has 1 heterocycles. The summed E-state index contributed by atoms with van der Waals surface area (Å²) in [5.41, 5.74) is 6.39. The summed E-state index contributed by atoms with van der Waals surface area (Å²) in [6.45, 7) is 1.29. The maximum Gasteiger partial charge on any atom is 0.174 e. The first-order chi connectivity index (χ1) is 9.76. The summed E-state index contributed by atoms with van der Waals surface area (Å²) in [5.74, 6) is 0.691. The van der Waals surface area contributed by atoms with Gasteiger partial charge in [-0.1, -0.05) is 11.2 Å². The molecule has 1 saturated heterocycles. The van der Waals surface area contributed by atoms with Gasteiger partial charge >= 0.3 is 0 Å².